The first-order valence-electron chi connectivity index (χ1n) is 8.32. The van der Waals surface area contributed by atoms with Gasteiger partial charge in [-0.3, -0.25) is 18.2 Å². The van der Waals surface area contributed by atoms with E-state index in [0.717, 1.165) is 22.7 Å². The van der Waals surface area contributed by atoms with Gasteiger partial charge in [-0.1, -0.05) is 59.6 Å². The minimum Gasteiger partial charge on any atom is -0.369 e. The first kappa shape index (κ1) is 20.0. The van der Waals surface area contributed by atoms with Crippen molar-refractivity contribution in [2.45, 2.75) is 18.6 Å². The third kappa shape index (κ3) is 4.41. The average Bonchev–Trinajstić information content (AvgIpc) is 2.67. The molecule has 0 N–H and O–H groups in total. The smallest absolute Gasteiger partial charge is 0.266 e. The molecule has 2 aromatic carbocycles. The molecule has 8 heteroatoms. The molecule has 0 unspecified atom stereocenters. The van der Waals surface area contributed by atoms with E-state index in [-0.39, 0.29) is 17.9 Å². The van der Waals surface area contributed by atoms with Crippen LogP contribution in [0.3, 0.4) is 0 Å². The van der Waals surface area contributed by atoms with Crippen LogP contribution in [-0.4, -0.2) is 40.2 Å². The maximum absolute atomic E-state index is 12.1. The Balaban J connectivity index is 0.000000253. The fraction of sp³-hybridized carbons (Fsp3) is 0.263. The molecule has 2 aliphatic heterocycles. The van der Waals surface area contributed by atoms with Crippen molar-refractivity contribution < 1.29 is 14.3 Å². The number of β-lactam (4-membered cyclic amide) rings is 2. The highest BCUT2D eigenvalue weighted by molar-refractivity contribution is 7.95. The number of carbonyl (C=O) groups is 2. The minimum absolute atomic E-state index is 0.0431. The fourth-order valence-corrected chi connectivity index (χ4v) is 4.14. The molecule has 0 saturated carbocycles. The van der Waals surface area contributed by atoms with E-state index in [4.69, 9.17) is 27.9 Å². The molecule has 2 aliphatic rings. The van der Waals surface area contributed by atoms with Crippen LogP contribution in [0.25, 0.3) is 0 Å². The van der Waals surface area contributed by atoms with Crippen LogP contribution in [0.2, 0.25) is 10.0 Å². The van der Waals surface area contributed by atoms with E-state index in [9.17, 15) is 9.59 Å². The highest BCUT2D eigenvalue weighted by Gasteiger charge is 2.51. The van der Waals surface area contributed by atoms with Crippen molar-refractivity contribution in [2.75, 3.05) is 13.7 Å². The van der Waals surface area contributed by atoms with Gasteiger partial charge in [-0.15, -0.1) is 0 Å². The fourth-order valence-electron chi connectivity index (χ4n) is 2.67. The summed E-state index contributed by atoms with van der Waals surface area (Å²) in [5.74, 6) is -0.0938. The largest absolute Gasteiger partial charge is 0.369 e. The van der Waals surface area contributed by atoms with Crippen LogP contribution in [0, 0.1) is 0 Å². The summed E-state index contributed by atoms with van der Waals surface area (Å²) in [6, 6.07) is 16.5. The summed E-state index contributed by atoms with van der Waals surface area (Å²) < 4.78 is 8.38. The third-order valence-electron chi connectivity index (χ3n) is 4.20. The summed E-state index contributed by atoms with van der Waals surface area (Å²) in [7, 11) is 1.50. The van der Waals surface area contributed by atoms with Gasteiger partial charge >= 0.3 is 0 Å². The van der Waals surface area contributed by atoms with Crippen LogP contribution in [0.1, 0.15) is 18.0 Å². The molecule has 2 amide bonds. The van der Waals surface area contributed by atoms with Gasteiger partial charge in [-0.2, -0.15) is 0 Å². The van der Waals surface area contributed by atoms with Gasteiger partial charge in [0, 0.05) is 30.1 Å². The molecular formula is C19H18Cl2N2O3S. The van der Waals surface area contributed by atoms with E-state index in [1.54, 1.807) is 14.7 Å². The second-order valence-electron chi connectivity index (χ2n) is 5.91. The lowest BCUT2D eigenvalue weighted by Gasteiger charge is -2.47. The molecule has 5 nitrogen and oxygen atoms in total. The molecule has 0 aliphatic carbocycles. The van der Waals surface area contributed by atoms with Crippen LogP contribution < -0.4 is 0 Å². The molecule has 0 radical (unpaired) electrons. The van der Waals surface area contributed by atoms with E-state index < -0.39 is 6.10 Å². The lowest BCUT2D eigenvalue weighted by atomic mass is 9.94. The van der Waals surface area contributed by atoms with E-state index in [1.165, 1.54) is 7.11 Å². The summed E-state index contributed by atoms with van der Waals surface area (Å²) in [6.45, 7) is 0.667. The summed E-state index contributed by atoms with van der Waals surface area (Å²) in [4.78, 5) is 23.5. The number of nitrogens with zero attached hydrogens (tertiary/aromatic N) is 2. The lowest BCUT2D eigenvalue weighted by molar-refractivity contribution is -0.158. The number of amides is 2. The van der Waals surface area contributed by atoms with Gasteiger partial charge < -0.3 is 4.74 Å². The molecular weight excluding hydrogens is 407 g/mol. The predicted molar refractivity (Wildman–Crippen MR) is 107 cm³/mol. The van der Waals surface area contributed by atoms with Gasteiger partial charge in [0.05, 0.1) is 12.1 Å². The topological polar surface area (TPSA) is 49.9 Å². The molecule has 2 fully saturated rings. The molecule has 2 saturated heterocycles. The zero-order valence-corrected chi connectivity index (χ0v) is 16.9. The van der Waals surface area contributed by atoms with E-state index in [1.807, 2.05) is 48.5 Å². The van der Waals surface area contributed by atoms with Crippen molar-refractivity contribution >= 4 is 47.2 Å². The highest BCUT2D eigenvalue weighted by atomic mass is 35.5. The Hall–Kier alpha value is -1.73. The van der Waals surface area contributed by atoms with Crippen LogP contribution >= 0.6 is 35.3 Å². The van der Waals surface area contributed by atoms with Crippen molar-refractivity contribution in [3.8, 4) is 0 Å². The number of halogens is 2. The number of hydrogen-bond acceptors (Lipinski definition) is 4. The molecule has 2 heterocycles. The second kappa shape index (κ2) is 8.97. The van der Waals surface area contributed by atoms with Gasteiger partial charge in [0.25, 0.3) is 5.91 Å². The molecule has 2 aromatic rings. The Labute approximate surface area is 172 Å². The van der Waals surface area contributed by atoms with Gasteiger partial charge in [-0.25, -0.2) is 0 Å². The quantitative estimate of drug-likeness (QED) is 0.539. The number of hydrogen-bond donors (Lipinski definition) is 0. The van der Waals surface area contributed by atoms with Gasteiger partial charge in [-0.05, 0) is 23.8 Å². The van der Waals surface area contributed by atoms with Crippen molar-refractivity contribution in [1.29, 1.82) is 0 Å². The second-order valence-corrected chi connectivity index (χ2v) is 7.75. The molecule has 27 heavy (non-hydrogen) atoms. The van der Waals surface area contributed by atoms with E-state index >= 15 is 0 Å². The van der Waals surface area contributed by atoms with Crippen LogP contribution in [0.15, 0.2) is 54.6 Å². The lowest BCUT2D eigenvalue weighted by Crippen LogP contribution is -2.58. The van der Waals surface area contributed by atoms with Crippen LogP contribution in [-0.2, 0) is 14.3 Å². The van der Waals surface area contributed by atoms with Crippen LogP contribution in [0.5, 0.6) is 0 Å². The first-order valence-corrected chi connectivity index (χ1v) is 9.81. The normalized spacial score (nSPS) is 21.1. The number of ether oxygens (including phenoxy) is 1. The average molecular weight is 425 g/mol. The first-order chi connectivity index (χ1) is 13.0. The Morgan fingerprint density at radius 3 is 2.19 bits per heavy atom. The molecule has 0 aromatic heterocycles. The molecule has 0 spiro atoms. The summed E-state index contributed by atoms with van der Waals surface area (Å²) in [5.41, 5.74) is 0.834. The molecule has 142 valence electrons. The van der Waals surface area contributed by atoms with Crippen molar-refractivity contribution in [2.24, 2.45) is 0 Å². The van der Waals surface area contributed by atoms with Crippen molar-refractivity contribution in [1.82, 2.24) is 8.61 Å². The van der Waals surface area contributed by atoms with E-state index in [2.05, 4.69) is 0 Å². The third-order valence-corrected chi connectivity index (χ3v) is 5.97. The number of rotatable bonds is 4. The molecule has 0 bridgehead atoms. The number of carbonyl (C=O) groups excluding carboxylic acids is 2. The zero-order valence-electron chi connectivity index (χ0n) is 14.5. The zero-order chi connectivity index (χ0) is 19.4. The van der Waals surface area contributed by atoms with Crippen LogP contribution in [0.4, 0.5) is 0 Å². The summed E-state index contributed by atoms with van der Waals surface area (Å²) >= 11 is 12.9. The SMILES string of the molecule is CO[C@H]1C(=O)N(SN2CCC2=O)[C@H]1c1ccccc1Cl.Clc1ccccc1. The van der Waals surface area contributed by atoms with Crippen molar-refractivity contribution in [3.63, 3.8) is 0 Å². The number of benzene rings is 2. The Bertz CT molecular complexity index is 822. The Morgan fingerprint density at radius 2 is 1.70 bits per heavy atom. The standard InChI is InChI=1S/C13H13ClN2O3S.C6H5Cl/c1-19-12-11(8-4-2-3-5-9(8)14)16(13(12)18)20-15-7-6-10(15)17;7-6-4-2-1-3-5-6/h2-5,11-12H,6-7H2,1H3;1-5H/t11-,12+;/m0./s1. The Kier molecular flexibility index (Phi) is 6.65. The molecule has 4 rings (SSSR count). The van der Waals surface area contributed by atoms with Crippen molar-refractivity contribution in [3.05, 3.63) is 70.2 Å². The monoisotopic (exact) mass is 424 g/mol. The predicted octanol–water partition coefficient (Wildman–Crippen LogP) is 4.37. The maximum Gasteiger partial charge on any atom is 0.266 e. The van der Waals surface area contributed by atoms with E-state index in [0.29, 0.717) is 18.0 Å². The van der Waals surface area contributed by atoms with Gasteiger partial charge in [0.15, 0.2) is 6.10 Å². The highest BCUT2D eigenvalue weighted by Crippen LogP contribution is 2.45. The number of methoxy groups -OCH3 is 1. The summed E-state index contributed by atoms with van der Waals surface area (Å²) in [6.07, 6.45) is -0.00163. The summed E-state index contributed by atoms with van der Waals surface area (Å²) in [5, 5.41) is 1.38. The van der Waals surface area contributed by atoms with Gasteiger partial charge in [0.2, 0.25) is 5.91 Å². The maximum atomic E-state index is 12.1. The molecule has 2 atom stereocenters. The van der Waals surface area contributed by atoms with Gasteiger partial charge in [0.1, 0.15) is 6.04 Å². The minimum atomic E-state index is -0.543. The Morgan fingerprint density at radius 1 is 1.04 bits per heavy atom.